The first-order valence-corrected chi connectivity index (χ1v) is 23.2. The number of hydrogen-bond acceptors (Lipinski definition) is 13. The van der Waals surface area contributed by atoms with Crippen molar-refractivity contribution in [2.75, 3.05) is 64.5 Å². The van der Waals surface area contributed by atoms with E-state index in [0.717, 1.165) is 34.4 Å². The van der Waals surface area contributed by atoms with E-state index in [1.807, 2.05) is 36.5 Å². The molecule has 1 fully saturated rings. The van der Waals surface area contributed by atoms with Crippen LogP contribution in [-0.2, 0) is 49.6 Å². The number of carbonyl (C=O) groups excluding carboxylic acids is 8. The van der Waals surface area contributed by atoms with Gasteiger partial charge in [-0.05, 0) is 87.0 Å². The third kappa shape index (κ3) is 15.0. The molecule has 3 aromatic carbocycles. The molecule has 4 aromatic rings. The average Bonchev–Trinajstić information content (AvgIpc) is 3.95. The number of likely N-dealkylation sites (tertiary alicyclic amines) is 1. The monoisotopic (exact) mass is 964 g/mol. The first-order chi connectivity index (χ1) is 33.8. The SMILES string of the molecule is C[C@H](NC(=O)CCOCCOCCN1C(=O)C=CC1=O)C(=O)N[C@@H](CCCCN)C(=O)NCC(=O)Nc1ccc(COC(=O)N2CCC[C@@H](c3ccc(-n4cc5cccc(C(N)=O)c5n4)cc3)C2)cc1. The van der Waals surface area contributed by atoms with Crippen molar-refractivity contribution in [2.24, 2.45) is 11.5 Å². The first kappa shape index (κ1) is 51.9. The predicted octanol–water partition coefficient (Wildman–Crippen LogP) is 2.16. The number of primary amides is 1. The van der Waals surface area contributed by atoms with Gasteiger partial charge in [-0.1, -0.05) is 36.4 Å². The van der Waals surface area contributed by atoms with Crippen LogP contribution in [-0.4, -0.2) is 138 Å². The molecule has 2 aliphatic rings. The Kier molecular flexibility index (Phi) is 19.1. The molecule has 2 aliphatic heterocycles. The molecule has 21 nitrogen and oxygen atoms in total. The van der Waals surface area contributed by atoms with Crippen molar-refractivity contribution in [1.29, 1.82) is 0 Å². The number of fused-ring (bicyclic) bond motifs is 1. The number of benzene rings is 3. The highest BCUT2D eigenvalue weighted by Gasteiger charge is 2.27. The Hall–Kier alpha value is -7.49. The van der Waals surface area contributed by atoms with Crippen molar-refractivity contribution >= 4 is 64.0 Å². The standard InChI is InChI=1S/C49H60N10O11/c1-32(53-41(60)20-24-68-26-27-69-25-23-58-43(62)18-19-44(58)63)47(65)55-40(9-2-3-21-50)48(66)52-28-42(61)54-37-14-10-33(11-15-37)31-70-49(67)57-22-5-7-35(29-57)34-12-16-38(17-13-34)59-30-36-6-4-8-39(46(51)64)45(36)56-59/h4,6,8,10-19,30,32,35,40H,2-3,5,7,9,20-29,31,50H2,1H3,(H2,51,64)(H,52,66)(H,53,60)(H,54,61)(H,55,65)/t32-,35+,40-/m0/s1. The fourth-order valence-corrected chi connectivity index (χ4v) is 7.84. The number of carbonyl (C=O) groups is 8. The van der Waals surface area contributed by atoms with E-state index in [1.165, 1.54) is 19.1 Å². The second-order valence-electron chi connectivity index (χ2n) is 16.8. The van der Waals surface area contributed by atoms with Gasteiger partial charge in [0.25, 0.3) is 17.7 Å². The van der Waals surface area contributed by atoms with Crippen molar-refractivity contribution < 1.29 is 52.6 Å². The largest absolute Gasteiger partial charge is 0.445 e. The number of imide groups is 1. The van der Waals surface area contributed by atoms with E-state index >= 15 is 0 Å². The van der Waals surface area contributed by atoms with Crippen LogP contribution >= 0.6 is 0 Å². The number of nitrogens with two attached hydrogens (primary N) is 2. The van der Waals surface area contributed by atoms with Gasteiger partial charge in [0, 0.05) is 54.9 Å². The Labute approximate surface area is 404 Å². The summed E-state index contributed by atoms with van der Waals surface area (Å²) in [5.74, 6) is -3.33. The van der Waals surface area contributed by atoms with Crippen molar-refractivity contribution in [1.82, 2.24) is 35.5 Å². The predicted molar refractivity (Wildman–Crippen MR) is 256 cm³/mol. The molecule has 8 N–H and O–H groups in total. The summed E-state index contributed by atoms with van der Waals surface area (Å²) in [5.41, 5.74) is 15.1. The van der Waals surface area contributed by atoms with Gasteiger partial charge in [-0.25, -0.2) is 9.48 Å². The fraction of sp³-hybridized carbons (Fsp3) is 0.408. The van der Waals surface area contributed by atoms with Gasteiger partial charge in [0.05, 0.1) is 50.8 Å². The smallest absolute Gasteiger partial charge is 0.410 e. The number of rotatable bonds is 25. The minimum atomic E-state index is -0.992. The van der Waals surface area contributed by atoms with E-state index in [0.29, 0.717) is 54.8 Å². The summed E-state index contributed by atoms with van der Waals surface area (Å²) in [6.45, 7) is 3.26. The molecule has 8 amide bonds. The number of anilines is 1. The summed E-state index contributed by atoms with van der Waals surface area (Å²) in [4.78, 5) is 102. The zero-order valence-corrected chi connectivity index (χ0v) is 39.1. The molecule has 0 aliphatic carbocycles. The van der Waals surface area contributed by atoms with Gasteiger partial charge < -0.3 is 51.8 Å². The van der Waals surface area contributed by atoms with Gasteiger partial charge >= 0.3 is 6.09 Å². The average molecular weight is 965 g/mol. The van der Waals surface area contributed by atoms with Gasteiger partial charge in [0.2, 0.25) is 23.6 Å². The molecule has 70 heavy (non-hydrogen) atoms. The molecular formula is C49H60N10O11. The van der Waals surface area contributed by atoms with Crippen LogP contribution in [0.2, 0.25) is 0 Å². The minimum Gasteiger partial charge on any atom is -0.445 e. The summed E-state index contributed by atoms with van der Waals surface area (Å²) < 4.78 is 18.2. The highest BCUT2D eigenvalue weighted by atomic mass is 16.6. The van der Waals surface area contributed by atoms with Crippen LogP contribution in [0.4, 0.5) is 10.5 Å². The third-order valence-corrected chi connectivity index (χ3v) is 11.7. The van der Waals surface area contributed by atoms with Crippen molar-refractivity contribution in [3.63, 3.8) is 0 Å². The van der Waals surface area contributed by atoms with Crippen LogP contribution in [0.25, 0.3) is 16.6 Å². The normalized spacial score (nSPS) is 15.4. The maximum absolute atomic E-state index is 13.2. The Bertz CT molecular complexity index is 2510. The lowest BCUT2D eigenvalue weighted by Crippen LogP contribution is -2.53. The van der Waals surface area contributed by atoms with Gasteiger partial charge in [-0.3, -0.25) is 38.5 Å². The van der Waals surface area contributed by atoms with E-state index < -0.39 is 47.7 Å². The second-order valence-corrected chi connectivity index (χ2v) is 16.8. The molecule has 3 atom stereocenters. The lowest BCUT2D eigenvalue weighted by molar-refractivity contribution is -0.137. The maximum Gasteiger partial charge on any atom is 0.410 e. The number of amides is 8. The van der Waals surface area contributed by atoms with Crippen LogP contribution in [0.5, 0.6) is 0 Å². The summed E-state index contributed by atoms with van der Waals surface area (Å²) in [5, 5.41) is 15.9. The maximum atomic E-state index is 13.2. The van der Waals surface area contributed by atoms with Crippen LogP contribution in [0.3, 0.4) is 0 Å². The number of unbranched alkanes of at least 4 members (excludes halogenated alkanes) is 1. The number of aromatic nitrogens is 2. The van der Waals surface area contributed by atoms with Crippen LogP contribution in [0.1, 0.15) is 72.9 Å². The summed E-state index contributed by atoms with van der Waals surface area (Å²) in [6, 6.07) is 18.0. The highest BCUT2D eigenvalue weighted by Crippen LogP contribution is 2.29. The minimum absolute atomic E-state index is 0.0224. The zero-order chi connectivity index (χ0) is 50.0. The summed E-state index contributed by atoms with van der Waals surface area (Å²) in [7, 11) is 0. The van der Waals surface area contributed by atoms with Crippen molar-refractivity contribution in [2.45, 2.75) is 70.1 Å². The molecule has 1 aromatic heterocycles. The molecular weight excluding hydrogens is 905 g/mol. The Morgan fingerprint density at radius 2 is 1.57 bits per heavy atom. The van der Waals surface area contributed by atoms with Crippen molar-refractivity contribution in [3.8, 4) is 5.69 Å². The molecule has 0 radical (unpaired) electrons. The van der Waals surface area contributed by atoms with Crippen LogP contribution in [0, 0.1) is 0 Å². The topological polar surface area (TPSA) is 289 Å². The Morgan fingerprint density at radius 1 is 0.843 bits per heavy atom. The molecule has 21 heteroatoms. The van der Waals surface area contributed by atoms with E-state index in [4.69, 9.17) is 25.7 Å². The Morgan fingerprint density at radius 3 is 2.29 bits per heavy atom. The molecule has 0 bridgehead atoms. The molecule has 3 heterocycles. The lowest BCUT2D eigenvalue weighted by Gasteiger charge is -2.32. The molecule has 1 saturated heterocycles. The van der Waals surface area contributed by atoms with Crippen LogP contribution in [0.15, 0.2) is 85.1 Å². The highest BCUT2D eigenvalue weighted by molar-refractivity contribution is 6.12. The number of hydrogen-bond donors (Lipinski definition) is 6. The summed E-state index contributed by atoms with van der Waals surface area (Å²) >= 11 is 0. The first-order valence-electron chi connectivity index (χ1n) is 23.2. The molecule has 6 rings (SSSR count). The second kappa shape index (κ2) is 25.8. The molecule has 0 spiro atoms. The fourth-order valence-electron chi connectivity index (χ4n) is 7.84. The zero-order valence-electron chi connectivity index (χ0n) is 39.1. The number of ether oxygens (including phenoxy) is 3. The number of nitrogens with one attached hydrogen (secondary N) is 4. The lowest BCUT2D eigenvalue weighted by atomic mass is 9.91. The van der Waals surface area contributed by atoms with E-state index in [2.05, 4.69) is 26.4 Å². The van der Waals surface area contributed by atoms with Crippen LogP contribution < -0.4 is 32.7 Å². The van der Waals surface area contributed by atoms with Gasteiger partial charge in [-0.2, -0.15) is 5.10 Å². The van der Waals surface area contributed by atoms with Gasteiger partial charge in [-0.15, -0.1) is 0 Å². The summed E-state index contributed by atoms with van der Waals surface area (Å²) in [6.07, 6.45) is 6.89. The molecule has 0 saturated carbocycles. The van der Waals surface area contributed by atoms with E-state index in [9.17, 15) is 38.4 Å². The third-order valence-electron chi connectivity index (χ3n) is 11.7. The van der Waals surface area contributed by atoms with Gasteiger partial charge in [0.1, 0.15) is 24.2 Å². The van der Waals surface area contributed by atoms with Crippen molar-refractivity contribution in [3.05, 3.63) is 102 Å². The Balaban J connectivity index is 0.872. The molecule has 372 valence electrons. The molecule has 0 unspecified atom stereocenters. The number of piperidine rings is 1. The van der Waals surface area contributed by atoms with E-state index in [1.54, 1.807) is 46.0 Å². The quantitative estimate of drug-likeness (QED) is 0.0411. The van der Waals surface area contributed by atoms with Gasteiger partial charge in [0.15, 0.2) is 0 Å². The number of nitrogens with zero attached hydrogens (tertiary/aromatic N) is 4. The van der Waals surface area contributed by atoms with E-state index in [-0.39, 0.29) is 76.7 Å².